The van der Waals surface area contributed by atoms with E-state index in [2.05, 4.69) is 38.2 Å². The molecule has 0 spiro atoms. The summed E-state index contributed by atoms with van der Waals surface area (Å²) in [6.45, 7) is 10.6. The predicted molar refractivity (Wildman–Crippen MR) is 191 cm³/mol. The van der Waals surface area contributed by atoms with Crippen molar-refractivity contribution < 1.29 is 14.7 Å². The molecule has 0 amide bonds. The molecule has 0 rings (SSSR count). The lowest BCUT2D eigenvalue weighted by Crippen LogP contribution is -2.19. The number of aliphatic carboxylic acids is 1. The summed E-state index contributed by atoms with van der Waals surface area (Å²) in [7, 11) is 0. The monoisotopic (exact) mass is 605 g/mol. The van der Waals surface area contributed by atoms with Crippen LogP contribution in [-0.2, 0) is 9.59 Å². The second kappa shape index (κ2) is 35.1. The molecule has 0 heterocycles. The van der Waals surface area contributed by atoms with E-state index in [1.165, 1.54) is 148 Å². The summed E-state index contributed by atoms with van der Waals surface area (Å²) in [5, 5.41) is 8.51. The molecule has 0 atom stereocenters. The fourth-order valence-corrected chi connectivity index (χ4v) is 5.08. The van der Waals surface area contributed by atoms with Crippen molar-refractivity contribution in [1.29, 1.82) is 0 Å². The summed E-state index contributed by atoms with van der Waals surface area (Å²) in [5.41, 5.74) is -0.152. The van der Waals surface area contributed by atoms with Crippen LogP contribution in [0.3, 0.4) is 0 Å². The van der Waals surface area contributed by atoms with Crippen molar-refractivity contribution in [1.82, 2.24) is 0 Å². The van der Waals surface area contributed by atoms with Gasteiger partial charge in [-0.05, 0) is 64.2 Å². The van der Waals surface area contributed by atoms with E-state index in [9.17, 15) is 9.59 Å². The average Bonchev–Trinajstić information content (AvgIpc) is 2.96. The number of rotatable bonds is 30. The standard InChI is InChI=1S/C22H42O.C18H34O2/c1-5-6-7-8-9-10-11-12-13-14-15-16-17-18-19-20-21(23)22(2,3)4;1-2-3-4-5-6-7-8-9-10-11-12-13-14-15-16-17-18(19)20/h12-13H,5-11,14-20H2,1-4H3;9-10H,2-8,11-17H2,1H3,(H,19,20)/b13-12-;10-9-. The summed E-state index contributed by atoms with van der Waals surface area (Å²) in [6.07, 6.45) is 43.8. The highest BCUT2D eigenvalue weighted by atomic mass is 16.4. The lowest BCUT2D eigenvalue weighted by Gasteiger charge is -2.16. The molecule has 0 aliphatic heterocycles. The fraction of sp³-hybridized carbons (Fsp3) is 0.850. The van der Waals surface area contributed by atoms with Gasteiger partial charge in [0.25, 0.3) is 0 Å². The van der Waals surface area contributed by atoms with Crippen LogP contribution in [0.25, 0.3) is 0 Å². The topological polar surface area (TPSA) is 54.4 Å². The third-order valence-electron chi connectivity index (χ3n) is 8.15. The average molecular weight is 605 g/mol. The van der Waals surface area contributed by atoms with Crippen molar-refractivity contribution in [3.05, 3.63) is 24.3 Å². The summed E-state index contributed by atoms with van der Waals surface area (Å²) in [5.74, 6) is -0.252. The molecular weight excluding hydrogens is 528 g/mol. The second-order valence-corrected chi connectivity index (χ2v) is 13.7. The first-order valence-electron chi connectivity index (χ1n) is 18.8. The summed E-state index contributed by atoms with van der Waals surface area (Å²) in [4.78, 5) is 22.1. The molecule has 0 aromatic rings. The Bertz CT molecular complexity index is 641. The number of hydrogen-bond acceptors (Lipinski definition) is 2. The third kappa shape index (κ3) is 40.6. The summed E-state index contributed by atoms with van der Waals surface area (Å²) < 4.78 is 0. The second-order valence-electron chi connectivity index (χ2n) is 13.7. The Hall–Kier alpha value is -1.38. The van der Waals surface area contributed by atoms with Crippen molar-refractivity contribution in [2.75, 3.05) is 0 Å². The Labute approximate surface area is 270 Å². The maximum absolute atomic E-state index is 11.8. The van der Waals surface area contributed by atoms with E-state index in [-0.39, 0.29) is 5.41 Å². The van der Waals surface area contributed by atoms with Gasteiger partial charge >= 0.3 is 5.97 Å². The smallest absolute Gasteiger partial charge is 0.303 e. The van der Waals surface area contributed by atoms with Gasteiger partial charge in [0.05, 0.1) is 0 Å². The molecule has 0 aliphatic rings. The minimum atomic E-state index is -0.664. The van der Waals surface area contributed by atoms with Crippen LogP contribution in [0.4, 0.5) is 0 Å². The van der Waals surface area contributed by atoms with Crippen molar-refractivity contribution in [3.63, 3.8) is 0 Å². The number of carbonyl (C=O) groups excluding carboxylic acids is 1. The summed E-state index contributed by atoms with van der Waals surface area (Å²) in [6, 6.07) is 0. The first kappa shape index (κ1) is 43.7. The fourth-order valence-electron chi connectivity index (χ4n) is 5.08. The Balaban J connectivity index is 0. The molecule has 1 N–H and O–H groups in total. The van der Waals surface area contributed by atoms with Gasteiger partial charge in [-0.1, -0.05) is 162 Å². The Morgan fingerprint density at radius 2 is 0.721 bits per heavy atom. The van der Waals surface area contributed by atoms with Gasteiger partial charge in [0.2, 0.25) is 0 Å². The minimum Gasteiger partial charge on any atom is -0.481 e. The first-order valence-corrected chi connectivity index (χ1v) is 18.8. The first-order chi connectivity index (χ1) is 20.8. The van der Waals surface area contributed by atoms with E-state index in [4.69, 9.17) is 5.11 Å². The minimum absolute atomic E-state index is 0.152. The maximum atomic E-state index is 11.8. The van der Waals surface area contributed by atoms with Crippen molar-refractivity contribution >= 4 is 11.8 Å². The molecular formula is C40H76O3. The van der Waals surface area contributed by atoms with E-state index in [0.717, 1.165) is 25.7 Å². The highest BCUT2D eigenvalue weighted by molar-refractivity contribution is 5.83. The zero-order chi connectivity index (χ0) is 32.3. The molecule has 0 bridgehead atoms. The van der Waals surface area contributed by atoms with E-state index in [1.807, 2.05) is 20.8 Å². The normalized spacial score (nSPS) is 11.7. The number of carboxylic acids is 1. The van der Waals surface area contributed by atoms with Gasteiger partial charge in [-0.2, -0.15) is 0 Å². The van der Waals surface area contributed by atoms with Crippen LogP contribution in [-0.4, -0.2) is 16.9 Å². The predicted octanol–water partition coefficient (Wildman–Crippen LogP) is 13.7. The quantitative estimate of drug-likeness (QED) is 0.0655. The molecule has 3 heteroatoms. The molecule has 0 saturated carbocycles. The van der Waals surface area contributed by atoms with E-state index in [1.54, 1.807) is 0 Å². The lowest BCUT2D eigenvalue weighted by molar-refractivity contribution is -0.137. The van der Waals surface area contributed by atoms with Crippen molar-refractivity contribution in [2.24, 2.45) is 5.41 Å². The number of carboxylic acid groups (broad SMARTS) is 1. The molecule has 0 unspecified atom stereocenters. The Morgan fingerprint density at radius 3 is 1.02 bits per heavy atom. The van der Waals surface area contributed by atoms with Crippen molar-refractivity contribution in [3.8, 4) is 0 Å². The van der Waals surface area contributed by atoms with E-state index < -0.39 is 5.97 Å². The van der Waals surface area contributed by atoms with Crippen LogP contribution in [0.1, 0.15) is 214 Å². The number of carbonyl (C=O) groups is 2. The van der Waals surface area contributed by atoms with E-state index in [0.29, 0.717) is 12.2 Å². The molecule has 0 aromatic heterocycles. The SMILES string of the molecule is CCCCCCCC/C=C\CCCCCCCC(=O)C(C)(C)C.CCCCCCCC/C=C\CCCCCCCC(=O)O. The van der Waals surface area contributed by atoms with Gasteiger partial charge in [-0.15, -0.1) is 0 Å². The van der Waals surface area contributed by atoms with Crippen LogP contribution >= 0.6 is 0 Å². The molecule has 3 nitrogen and oxygen atoms in total. The van der Waals surface area contributed by atoms with Crippen LogP contribution in [0, 0.1) is 5.41 Å². The molecule has 0 saturated heterocycles. The van der Waals surface area contributed by atoms with Gasteiger partial charge in [0, 0.05) is 18.3 Å². The molecule has 0 radical (unpaired) electrons. The van der Waals surface area contributed by atoms with Gasteiger partial charge in [0.15, 0.2) is 0 Å². The highest BCUT2D eigenvalue weighted by Crippen LogP contribution is 2.19. The van der Waals surface area contributed by atoms with Gasteiger partial charge in [0.1, 0.15) is 5.78 Å². The van der Waals surface area contributed by atoms with Crippen LogP contribution < -0.4 is 0 Å². The lowest BCUT2D eigenvalue weighted by atomic mass is 9.88. The van der Waals surface area contributed by atoms with Gasteiger partial charge in [-0.25, -0.2) is 0 Å². The largest absolute Gasteiger partial charge is 0.481 e. The molecule has 0 aromatic carbocycles. The van der Waals surface area contributed by atoms with Gasteiger partial charge < -0.3 is 5.11 Å². The van der Waals surface area contributed by atoms with E-state index >= 15 is 0 Å². The zero-order valence-corrected chi connectivity index (χ0v) is 29.9. The molecule has 0 aliphatic carbocycles. The number of Topliss-reactive ketones (excluding diaryl/α,β-unsaturated/α-hetero) is 1. The molecule has 254 valence electrons. The number of hydrogen-bond donors (Lipinski definition) is 1. The van der Waals surface area contributed by atoms with Crippen LogP contribution in [0.2, 0.25) is 0 Å². The Kier molecular flexibility index (Phi) is 35.7. The highest BCUT2D eigenvalue weighted by Gasteiger charge is 2.19. The summed E-state index contributed by atoms with van der Waals surface area (Å²) >= 11 is 0. The maximum Gasteiger partial charge on any atom is 0.303 e. The van der Waals surface area contributed by atoms with Crippen molar-refractivity contribution in [2.45, 2.75) is 214 Å². The van der Waals surface area contributed by atoms with Gasteiger partial charge in [-0.3, -0.25) is 9.59 Å². The number of ketones is 1. The Morgan fingerprint density at radius 1 is 0.442 bits per heavy atom. The van der Waals surface area contributed by atoms with Crippen LogP contribution in [0.15, 0.2) is 24.3 Å². The molecule has 43 heavy (non-hydrogen) atoms. The molecule has 0 fully saturated rings. The third-order valence-corrected chi connectivity index (χ3v) is 8.15. The number of unbranched alkanes of at least 4 members (excludes halogenated alkanes) is 22. The number of allylic oxidation sites excluding steroid dienone is 4. The zero-order valence-electron chi connectivity index (χ0n) is 29.9. The van der Waals surface area contributed by atoms with Crippen LogP contribution in [0.5, 0.6) is 0 Å².